The number of benzene rings is 1. The van der Waals surface area contributed by atoms with Crippen LogP contribution in [0.3, 0.4) is 0 Å². The van der Waals surface area contributed by atoms with Gasteiger partial charge in [-0.1, -0.05) is 35.6 Å². The molecule has 0 bridgehead atoms. The molecule has 0 unspecified atom stereocenters. The second kappa shape index (κ2) is 7.98. The van der Waals surface area contributed by atoms with Crippen LogP contribution in [0.2, 0.25) is 0 Å². The predicted molar refractivity (Wildman–Crippen MR) is 109 cm³/mol. The van der Waals surface area contributed by atoms with E-state index >= 15 is 0 Å². The van der Waals surface area contributed by atoms with Gasteiger partial charge in [0.2, 0.25) is 0 Å². The summed E-state index contributed by atoms with van der Waals surface area (Å²) in [4.78, 5) is 40.3. The Balaban J connectivity index is 1.97. The number of Topliss-reactive ketones (excluding diaryl/α,β-unsaturated/α-hetero) is 1. The first kappa shape index (κ1) is 19.8. The summed E-state index contributed by atoms with van der Waals surface area (Å²) in [5.74, 6) is -0.715. The van der Waals surface area contributed by atoms with Crippen LogP contribution in [-0.4, -0.2) is 27.9 Å². The average Bonchev–Trinajstić information content (AvgIpc) is 3.15. The number of ketones is 1. The quantitative estimate of drug-likeness (QED) is 0.504. The number of thiazole rings is 1. The number of ether oxygens (including phenoxy) is 1. The number of carbonyl (C=O) groups is 2. The second-order valence-corrected chi connectivity index (χ2v) is 7.38. The summed E-state index contributed by atoms with van der Waals surface area (Å²) in [5, 5.41) is 1.77. The predicted octanol–water partition coefficient (Wildman–Crippen LogP) is 3.89. The number of rotatable bonds is 6. The second-order valence-electron chi connectivity index (χ2n) is 6.56. The van der Waals surface area contributed by atoms with Crippen molar-refractivity contribution in [1.82, 2.24) is 9.55 Å². The molecule has 6 nitrogen and oxygen atoms in total. The summed E-state index contributed by atoms with van der Waals surface area (Å²) in [6.07, 6.45) is 0. The van der Waals surface area contributed by atoms with Gasteiger partial charge in [0.25, 0.3) is 0 Å². The molecule has 2 aromatic heterocycles. The molecule has 0 aliphatic carbocycles. The van der Waals surface area contributed by atoms with E-state index in [4.69, 9.17) is 4.74 Å². The first-order valence-corrected chi connectivity index (χ1v) is 9.86. The van der Waals surface area contributed by atoms with Crippen LogP contribution in [0.1, 0.15) is 44.6 Å². The minimum Gasteiger partial charge on any atom is -0.462 e. The van der Waals surface area contributed by atoms with Crippen LogP contribution in [-0.2, 0) is 11.3 Å². The molecule has 0 radical (unpaired) electrons. The van der Waals surface area contributed by atoms with Crippen molar-refractivity contribution in [3.63, 3.8) is 0 Å². The molecule has 1 aromatic carbocycles. The van der Waals surface area contributed by atoms with Gasteiger partial charge >= 0.3 is 10.8 Å². The van der Waals surface area contributed by atoms with Crippen LogP contribution < -0.4 is 4.87 Å². The average molecular weight is 398 g/mol. The number of carbonyl (C=O) groups excluding carboxylic acids is 2. The van der Waals surface area contributed by atoms with Crippen molar-refractivity contribution < 1.29 is 14.3 Å². The molecular formula is C21H22N2O4S. The Kier molecular flexibility index (Phi) is 5.65. The molecule has 3 rings (SSSR count). The number of nitrogens with zero attached hydrogens (tertiary/aromatic N) is 1. The molecule has 0 fully saturated rings. The van der Waals surface area contributed by atoms with Crippen molar-refractivity contribution in [2.75, 3.05) is 6.61 Å². The number of H-pyrrole nitrogens is 1. The molecule has 0 spiro atoms. The van der Waals surface area contributed by atoms with Gasteiger partial charge in [-0.2, -0.15) is 0 Å². The van der Waals surface area contributed by atoms with E-state index in [1.54, 1.807) is 26.2 Å². The van der Waals surface area contributed by atoms with Gasteiger partial charge in [0, 0.05) is 16.6 Å². The zero-order chi connectivity index (χ0) is 20.4. The SMILES string of the molecule is CCOC(=O)c1c(C)[nH]c(C(=O)Cn2c(-c3ccccc3C)csc2=O)c1C. The van der Waals surface area contributed by atoms with E-state index in [1.165, 1.54) is 4.57 Å². The van der Waals surface area contributed by atoms with Gasteiger partial charge in [-0.05, 0) is 38.8 Å². The van der Waals surface area contributed by atoms with E-state index in [1.807, 2.05) is 31.2 Å². The fraction of sp³-hybridized carbons (Fsp3) is 0.286. The Labute approximate surface area is 166 Å². The molecule has 0 saturated carbocycles. The lowest BCUT2D eigenvalue weighted by Crippen LogP contribution is -2.21. The zero-order valence-corrected chi connectivity index (χ0v) is 17.1. The van der Waals surface area contributed by atoms with Gasteiger partial charge < -0.3 is 9.72 Å². The molecule has 1 N–H and O–H groups in total. The van der Waals surface area contributed by atoms with Crippen molar-refractivity contribution in [3.8, 4) is 11.3 Å². The normalized spacial score (nSPS) is 10.9. The molecule has 28 heavy (non-hydrogen) atoms. The van der Waals surface area contributed by atoms with Crippen molar-refractivity contribution in [2.45, 2.75) is 34.2 Å². The molecule has 3 aromatic rings. The summed E-state index contributed by atoms with van der Waals surface area (Å²) in [6, 6.07) is 7.73. The first-order valence-electron chi connectivity index (χ1n) is 8.99. The number of aromatic nitrogens is 2. The van der Waals surface area contributed by atoms with E-state index in [0.717, 1.165) is 22.5 Å². The first-order chi connectivity index (χ1) is 13.3. The third kappa shape index (κ3) is 3.57. The van der Waals surface area contributed by atoms with Crippen LogP contribution in [0.5, 0.6) is 0 Å². The van der Waals surface area contributed by atoms with Gasteiger partial charge in [-0.3, -0.25) is 14.2 Å². The Bertz CT molecular complexity index is 1100. The minimum absolute atomic E-state index is 0.102. The Morgan fingerprint density at radius 3 is 2.57 bits per heavy atom. The summed E-state index contributed by atoms with van der Waals surface area (Å²) in [7, 11) is 0. The van der Waals surface area contributed by atoms with Crippen molar-refractivity contribution >= 4 is 23.1 Å². The van der Waals surface area contributed by atoms with Crippen molar-refractivity contribution in [2.24, 2.45) is 0 Å². The van der Waals surface area contributed by atoms with Crippen molar-refractivity contribution in [1.29, 1.82) is 0 Å². The number of hydrogen-bond acceptors (Lipinski definition) is 5. The molecular weight excluding hydrogens is 376 g/mol. The monoisotopic (exact) mass is 398 g/mol. The van der Waals surface area contributed by atoms with Crippen LogP contribution >= 0.6 is 11.3 Å². The Hall–Kier alpha value is -2.93. The lowest BCUT2D eigenvalue weighted by atomic mass is 10.1. The topological polar surface area (TPSA) is 81.2 Å². The maximum Gasteiger partial charge on any atom is 0.340 e. The maximum atomic E-state index is 13.0. The number of aryl methyl sites for hydroxylation is 2. The Morgan fingerprint density at radius 1 is 1.18 bits per heavy atom. The van der Waals surface area contributed by atoms with Crippen LogP contribution in [0.25, 0.3) is 11.3 Å². The number of hydrogen-bond donors (Lipinski definition) is 1. The van der Waals surface area contributed by atoms with E-state index in [-0.39, 0.29) is 23.8 Å². The molecule has 0 aliphatic heterocycles. The standard InChI is InChI=1S/C21H22N2O4S/c1-5-27-20(25)18-13(3)19(22-14(18)4)17(24)10-23-16(11-28-21(23)26)15-9-7-6-8-12(15)2/h6-9,11,22H,5,10H2,1-4H3. The molecule has 0 aliphatic rings. The van der Waals surface area contributed by atoms with Crippen LogP contribution in [0.4, 0.5) is 0 Å². The number of aromatic amines is 1. The molecule has 0 amide bonds. The largest absolute Gasteiger partial charge is 0.462 e. The van der Waals surface area contributed by atoms with Crippen LogP contribution in [0, 0.1) is 20.8 Å². The fourth-order valence-corrected chi connectivity index (χ4v) is 4.07. The molecule has 7 heteroatoms. The lowest BCUT2D eigenvalue weighted by molar-refractivity contribution is 0.0525. The third-order valence-electron chi connectivity index (χ3n) is 4.70. The summed E-state index contributed by atoms with van der Waals surface area (Å²) >= 11 is 1.07. The maximum absolute atomic E-state index is 13.0. The zero-order valence-electron chi connectivity index (χ0n) is 16.3. The number of nitrogens with one attached hydrogen (secondary N) is 1. The molecule has 0 saturated heterocycles. The van der Waals surface area contributed by atoms with E-state index < -0.39 is 5.97 Å². The highest BCUT2D eigenvalue weighted by Crippen LogP contribution is 2.25. The van der Waals surface area contributed by atoms with Gasteiger partial charge in [0.1, 0.15) is 0 Å². The summed E-state index contributed by atoms with van der Waals surface area (Å²) < 4.78 is 6.56. The fourth-order valence-electron chi connectivity index (χ4n) is 3.31. The van der Waals surface area contributed by atoms with Crippen molar-refractivity contribution in [3.05, 3.63) is 67.4 Å². The van der Waals surface area contributed by atoms with Crippen LogP contribution in [0.15, 0.2) is 34.4 Å². The highest BCUT2D eigenvalue weighted by Gasteiger charge is 2.24. The highest BCUT2D eigenvalue weighted by molar-refractivity contribution is 7.07. The molecule has 146 valence electrons. The van der Waals surface area contributed by atoms with Gasteiger partial charge in [0.05, 0.1) is 30.1 Å². The molecule has 0 atom stereocenters. The lowest BCUT2D eigenvalue weighted by Gasteiger charge is -2.09. The molecule has 2 heterocycles. The summed E-state index contributed by atoms with van der Waals surface area (Å²) in [6.45, 7) is 7.30. The summed E-state index contributed by atoms with van der Waals surface area (Å²) in [5.41, 5.74) is 4.49. The van der Waals surface area contributed by atoms with Gasteiger partial charge in [-0.15, -0.1) is 0 Å². The third-order valence-corrected chi connectivity index (χ3v) is 5.46. The number of esters is 1. The van der Waals surface area contributed by atoms with Gasteiger partial charge in [0.15, 0.2) is 5.78 Å². The smallest absolute Gasteiger partial charge is 0.340 e. The van der Waals surface area contributed by atoms with E-state index in [0.29, 0.717) is 28.2 Å². The minimum atomic E-state index is -0.457. The Morgan fingerprint density at radius 2 is 1.89 bits per heavy atom. The highest BCUT2D eigenvalue weighted by atomic mass is 32.1. The van der Waals surface area contributed by atoms with E-state index in [9.17, 15) is 14.4 Å². The van der Waals surface area contributed by atoms with Gasteiger partial charge in [-0.25, -0.2) is 4.79 Å². The van der Waals surface area contributed by atoms with E-state index in [2.05, 4.69) is 4.98 Å².